The van der Waals surface area contributed by atoms with E-state index in [1.54, 1.807) is 19.1 Å². The summed E-state index contributed by atoms with van der Waals surface area (Å²) in [5.74, 6) is 3.23. The van der Waals surface area contributed by atoms with Crippen LogP contribution in [0.25, 0.3) is 5.57 Å². The van der Waals surface area contributed by atoms with E-state index in [1.807, 2.05) is 0 Å². The zero-order valence-corrected chi connectivity index (χ0v) is 20.5. The van der Waals surface area contributed by atoms with Gasteiger partial charge in [-0.2, -0.15) is 0 Å². The summed E-state index contributed by atoms with van der Waals surface area (Å²) >= 11 is 0. The van der Waals surface area contributed by atoms with Gasteiger partial charge < -0.3 is 0 Å². The molecule has 1 unspecified atom stereocenters. The van der Waals surface area contributed by atoms with Crippen LogP contribution in [-0.2, 0) is 0 Å². The summed E-state index contributed by atoms with van der Waals surface area (Å²) in [6, 6.07) is 3.48. The number of benzene rings is 1. The van der Waals surface area contributed by atoms with E-state index in [9.17, 15) is 8.78 Å². The van der Waals surface area contributed by atoms with Crippen LogP contribution in [0.5, 0.6) is 0 Å². The molecule has 3 aliphatic rings. The highest BCUT2D eigenvalue weighted by Gasteiger charge is 2.33. The molecule has 1 aromatic rings. The number of rotatable bonds is 7. The van der Waals surface area contributed by atoms with E-state index in [2.05, 4.69) is 13.0 Å². The minimum absolute atomic E-state index is 0.391. The summed E-state index contributed by atoms with van der Waals surface area (Å²) in [5, 5.41) is 0. The smallest absolute Gasteiger partial charge is 0.166 e. The number of unbranched alkanes of at least 4 members (excludes halogenated alkanes) is 2. The van der Waals surface area contributed by atoms with E-state index in [-0.39, 0.29) is 0 Å². The monoisotopic (exact) mass is 442 g/mol. The van der Waals surface area contributed by atoms with Crippen LogP contribution >= 0.6 is 0 Å². The quantitative estimate of drug-likeness (QED) is 0.369. The molecular weight excluding hydrogens is 398 g/mol. The minimum atomic E-state index is -0.682. The minimum Gasteiger partial charge on any atom is -0.203 e. The van der Waals surface area contributed by atoms with Crippen molar-refractivity contribution in [1.29, 1.82) is 0 Å². The van der Waals surface area contributed by atoms with Crippen LogP contribution in [0.15, 0.2) is 18.2 Å². The van der Waals surface area contributed by atoms with E-state index in [1.165, 1.54) is 77.0 Å². The summed E-state index contributed by atoms with van der Waals surface area (Å²) in [4.78, 5) is 0. The Morgan fingerprint density at radius 2 is 1.38 bits per heavy atom. The third-order valence-corrected chi connectivity index (χ3v) is 9.33. The fourth-order valence-electron chi connectivity index (χ4n) is 7.14. The normalized spacial score (nSPS) is 31.4. The first-order valence-electron chi connectivity index (χ1n) is 13.7. The Balaban J connectivity index is 1.22. The maximum atomic E-state index is 14.4. The zero-order chi connectivity index (χ0) is 22.5. The second kappa shape index (κ2) is 11.3. The van der Waals surface area contributed by atoms with Crippen molar-refractivity contribution in [1.82, 2.24) is 0 Å². The standard InChI is InChI=1S/C30H44F2/c1-3-4-5-6-22-8-10-23(11-9-22)24-12-14-25(15-13-24)26-16-18-27(19-17-26)28-20-7-21(2)29(31)30(28)32/h7,18,20,22-26H,3-6,8-17,19H2,1-2H3. The molecule has 0 aliphatic heterocycles. The Morgan fingerprint density at radius 3 is 1.97 bits per heavy atom. The molecule has 0 heterocycles. The van der Waals surface area contributed by atoms with E-state index in [0.29, 0.717) is 11.1 Å². The fourth-order valence-corrected chi connectivity index (χ4v) is 7.14. The van der Waals surface area contributed by atoms with Crippen LogP contribution in [0.3, 0.4) is 0 Å². The van der Waals surface area contributed by atoms with Gasteiger partial charge in [-0.05, 0) is 105 Å². The highest BCUT2D eigenvalue weighted by atomic mass is 19.2. The van der Waals surface area contributed by atoms with Crippen molar-refractivity contribution in [2.24, 2.45) is 29.6 Å². The van der Waals surface area contributed by atoms with Crippen molar-refractivity contribution in [3.05, 3.63) is 41.0 Å². The van der Waals surface area contributed by atoms with Gasteiger partial charge in [0.05, 0.1) is 0 Å². The Bertz CT molecular complexity index is 763. The number of hydrogen-bond donors (Lipinski definition) is 0. The van der Waals surface area contributed by atoms with Gasteiger partial charge in [-0.15, -0.1) is 0 Å². The van der Waals surface area contributed by atoms with Gasteiger partial charge in [-0.1, -0.05) is 63.7 Å². The van der Waals surface area contributed by atoms with Crippen molar-refractivity contribution >= 4 is 5.57 Å². The summed E-state index contributed by atoms with van der Waals surface area (Å²) in [7, 11) is 0. The molecule has 2 heteroatoms. The van der Waals surface area contributed by atoms with Crippen molar-refractivity contribution in [3.63, 3.8) is 0 Å². The van der Waals surface area contributed by atoms with E-state index in [4.69, 9.17) is 0 Å². The van der Waals surface area contributed by atoms with Crippen molar-refractivity contribution < 1.29 is 8.78 Å². The highest BCUT2D eigenvalue weighted by molar-refractivity contribution is 5.67. The maximum absolute atomic E-state index is 14.4. The first-order chi connectivity index (χ1) is 15.6. The van der Waals surface area contributed by atoms with E-state index >= 15 is 0 Å². The molecule has 1 aromatic carbocycles. The fraction of sp³-hybridized carbons (Fsp3) is 0.733. The van der Waals surface area contributed by atoms with Gasteiger partial charge in [0.15, 0.2) is 11.6 Å². The third-order valence-electron chi connectivity index (χ3n) is 9.33. The van der Waals surface area contributed by atoms with Gasteiger partial charge in [-0.3, -0.25) is 0 Å². The second-order valence-electron chi connectivity index (χ2n) is 11.3. The van der Waals surface area contributed by atoms with Crippen molar-refractivity contribution in [3.8, 4) is 0 Å². The van der Waals surface area contributed by atoms with Crippen molar-refractivity contribution in [2.45, 2.75) is 110 Å². The Hall–Kier alpha value is -1.18. The number of hydrogen-bond acceptors (Lipinski definition) is 0. The Labute approximate surface area is 195 Å². The Morgan fingerprint density at radius 1 is 0.750 bits per heavy atom. The van der Waals surface area contributed by atoms with Gasteiger partial charge in [0.2, 0.25) is 0 Å². The molecule has 0 saturated heterocycles. The maximum Gasteiger partial charge on any atom is 0.166 e. The van der Waals surface area contributed by atoms with Gasteiger partial charge in [0.1, 0.15) is 0 Å². The van der Waals surface area contributed by atoms with Crippen LogP contribution in [0, 0.1) is 48.1 Å². The average Bonchev–Trinajstić information content (AvgIpc) is 2.84. The molecule has 1 atom stereocenters. The van der Waals surface area contributed by atoms with Crippen LogP contribution in [-0.4, -0.2) is 0 Å². The summed E-state index contributed by atoms with van der Waals surface area (Å²) in [5.41, 5.74) is 1.89. The summed E-state index contributed by atoms with van der Waals surface area (Å²) < 4.78 is 28.4. The predicted octanol–water partition coefficient (Wildman–Crippen LogP) is 9.65. The van der Waals surface area contributed by atoms with Crippen LogP contribution < -0.4 is 0 Å². The van der Waals surface area contributed by atoms with E-state index in [0.717, 1.165) is 54.4 Å². The van der Waals surface area contributed by atoms with Crippen LogP contribution in [0.4, 0.5) is 8.78 Å². The first-order valence-corrected chi connectivity index (χ1v) is 13.7. The molecule has 178 valence electrons. The summed E-state index contributed by atoms with van der Waals surface area (Å²) in [6.07, 6.45) is 22.6. The molecule has 0 bridgehead atoms. The molecule has 4 rings (SSSR count). The lowest BCUT2D eigenvalue weighted by Crippen LogP contribution is -2.28. The average molecular weight is 443 g/mol. The largest absolute Gasteiger partial charge is 0.203 e. The molecule has 0 N–H and O–H groups in total. The van der Waals surface area contributed by atoms with Gasteiger partial charge in [0, 0.05) is 5.56 Å². The third kappa shape index (κ3) is 5.65. The molecule has 3 aliphatic carbocycles. The Kier molecular flexibility index (Phi) is 8.46. The lowest BCUT2D eigenvalue weighted by molar-refractivity contribution is 0.120. The number of allylic oxidation sites excluding steroid dienone is 2. The van der Waals surface area contributed by atoms with Gasteiger partial charge >= 0.3 is 0 Å². The van der Waals surface area contributed by atoms with Crippen LogP contribution in [0.2, 0.25) is 0 Å². The van der Waals surface area contributed by atoms with E-state index < -0.39 is 11.6 Å². The predicted molar refractivity (Wildman–Crippen MR) is 131 cm³/mol. The molecular formula is C30H44F2. The molecule has 2 fully saturated rings. The summed E-state index contributed by atoms with van der Waals surface area (Å²) in [6.45, 7) is 3.93. The highest BCUT2D eigenvalue weighted by Crippen LogP contribution is 2.46. The van der Waals surface area contributed by atoms with Crippen molar-refractivity contribution in [2.75, 3.05) is 0 Å². The topological polar surface area (TPSA) is 0 Å². The lowest BCUT2D eigenvalue weighted by Gasteiger charge is -2.40. The molecule has 0 radical (unpaired) electrons. The van der Waals surface area contributed by atoms with Gasteiger partial charge in [0.25, 0.3) is 0 Å². The molecule has 0 amide bonds. The molecule has 0 spiro atoms. The lowest BCUT2D eigenvalue weighted by atomic mass is 9.65. The molecule has 32 heavy (non-hydrogen) atoms. The molecule has 2 saturated carbocycles. The first kappa shape index (κ1) is 24.0. The SMILES string of the molecule is CCCCCC1CCC(C2CCC(C3CC=C(c4ccc(C)c(F)c4F)CC3)CC2)CC1. The number of aryl methyl sites for hydroxylation is 1. The number of halogens is 2. The molecule has 0 nitrogen and oxygen atoms in total. The van der Waals surface area contributed by atoms with Crippen LogP contribution in [0.1, 0.15) is 114 Å². The van der Waals surface area contributed by atoms with Gasteiger partial charge in [-0.25, -0.2) is 8.78 Å². The second-order valence-corrected chi connectivity index (χ2v) is 11.3. The molecule has 0 aromatic heterocycles. The zero-order valence-electron chi connectivity index (χ0n) is 20.5.